The number of amides is 1. The van der Waals surface area contributed by atoms with Gasteiger partial charge in [-0.3, -0.25) is 9.52 Å². The van der Waals surface area contributed by atoms with Crippen molar-refractivity contribution in [2.75, 3.05) is 18.8 Å². The number of hydrogen-bond donors (Lipinski definition) is 1. The van der Waals surface area contributed by atoms with E-state index in [2.05, 4.69) is 4.72 Å². The van der Waals surface area contributed by atoms with Crippen molar-refractivity contribution in [3.63, 3.8) is 0 Å². The second-order valence-electron chi connectivity index (χ2n) is 6.84. The molecule has 0 aliphatic heterocycles. The van der Waals surface area contributed by atoms with Gasteiger partial charge < -0.3 is 4.90 Å². The molecule has 140 valence electrons. The summed E-state index contributed by atoms with van der Waals surface area (Å²) in [7, 11) is -0.385. The van der Waals surface area contributed by atoms with Crippen molar-refractivity contribution in [1.29, 1.82) is 0 Å². The molecule has 0 saturated carbocycles. The van der Waals surface area contributed by atoms with Gasteiger partial charge in [-0.15, -0.1) is 0 Å². The van der Waals surface area contributed by atoms with Gasteiger partial charge in [0.1, 0.15) is 0 Å². The summed E-state index contributed by atoms with van der Waals surface area (Å²) in [5, 5.41) is 0. The Labute approximate surface area is 156 Å². The van der Waals surface area contributed by atoms with Crippen molar-refractivity contribution < 1.29 is 13.2 Å². The van der Waals surface area contributed by atoms with Crippen LogP contribution in [0.4, 0.5) is 5.69 Å². The minimum Gasteiger partial charge on any atom is -0.345 e. The zero-order chi connectivity index (χ0) is 19.8. The summed E-state index contributed by atoms with van der Waals surface area (Å²) in [5.74, 6) is -0.129. The van der Waals surface area contributed by atoms with Crippen LogP contribution in [0.1, 0.15) is 38.2 Å². The average molecular weight is 375 g/mol. The molecule has 6 heteroatoms. The van der Waals surface area contributed by atoms with Crippen LogP contribution in [0.2, 0.25) is 0 Å². The molecule has 5 nitrogen and oxygen atoms in total. The average Bonchev–Trinajstić information content (AvgIpc) is 2.57. The molecule has 0 fully saturated rings. The van der Waals surface area contributed by atoms with E-state index in [4.69, 9.17) is 0 Å². The summed E-state index contributed by atoms with van der Waals surface area (Å²) >= 11 is 0. The number of benzene rings is 2. The normalized spacial score (nSPS) is 11.3. The summed E-state index contributed by atoms with van der Waals surface area (Å²) in [6, 6.07) is 6.44. The molecule has 0 saturated heterocycles. The van der Waals surface area contributed by atoms with Crippen molar-refractivity contribution in [2.24, 2.45) is 0 Å². The van der Waals surface area contributed by atoms with E-state index in [1.807, 2.05) is 34.6 Å². The van der Waals surface area contributed by atoms with Gasteiger partial charge in [0, 0.05) is 25.3 Å². The fourth-order valence-corrected chi connectivity index (χ4v) is 4.67. The van der Waals surface area contributed by atoms with Crippen molar-refractivity contribution in [2.45, 2.75) is 39.5 Å². The lowest BCUT2D eigenvalue weighted by atomic mass is 9.95. The predicted molar refractivity (Wildman–Crippen MR) is 105 cm³/mol. The molecule has 0 spiro atoms. The number of carbonyl (C=O) groups excluding carboxylic acids is 1. The van der Waals surface area contributed by atoms with Crippen LogP contribution in [-0.4, -0.2) is 33.3 Å². The smallest absolute Gasteiger partial charge is 0.262 e. The largest absolute Gasteiger partial charge is 0.345 e. The molecule has 1 amide bonds. The monoisotopic (exact) mass is 374 g/mol. The highest BCUT2D eigenvalue weighted by atomic mass is 32.2. The highest BCUT2D eigenvalue weighted by Gasteiger charge is 2.23. The fourth-order valence-electron chi connectivity index (χ4n) is 3.01. The summed E-state index contributed by atoms with van der Waals surface area (Å²) in [5.41, 5.74) is 5.55. The number of hydrogen-bond acceptors (Lipinski definition) is 3. The van der Waals surface area contributed by atoms with Gasteiger partial charge in [0.25, 0.3) is 15.9 Å². The molecule has 2 rings (SSSR count). The lowest BCUT2D eigenvalue weighted by Gasteiger charge is -2.19. The first-order chi connectivity index (χ1) is 12.0. The number of sulfonamides is 1. The van der Waals surface area contributed by atoms with Crippen LogP contribution in [0.5, 0.6) is 0 Å². The first-order valence-electron chi connectivity index (χ1n) is 8.39. The molecule has 1 N–H and O–H groups in total. The summed E-state index contributed by atoms with van der Waals surface area (Å²) in [6.45, 7) is 9.56. The second-order valence-corrected chi connectivity index (χ2v) is 8.46. The number of nitrogens with one attached hydrogen (secondary N) is 1. The molecular weight excluding hydrogens is 348 g/mol. The molecule has 2 aromatic rings. The quantitative estimate of drug-likeness (QED) is 0.887. The zero-order valence-electron chi connectivity index (χ0n) is 16.4. The highest BCUT2D eigenvalue weighted by molar-refractivity contribution is 7.92. The Hall–Kier alpha value is -2.34. The van der Waals surface area contributed by atoms with Gasteiger partial charge in [-0.05, 0) is 86.7 Å². The minimum atomic E-state index is -3.73. The van der Waals surface area contributed by atoms with Crippen molar-refractivity contribution in [1.82, 2.24) is 4.90 Å². The van der Waals surface area contributed by atoms with Crippen LogP contribution < -0.4 is 4.72 Å². The first-order valence-corrected chi connectivity index (χ1v) is 9.87. The van der Waals surface area contributed by atoms with E-state index in [0.717, 1.165) is 27.8 Å². The Kier molecular flexibility index (Phi) is 5.47. The van der Waals surface area contributed by atoms with Crippen molar-refractivity contribution in [3.8, 4) is 0 Å². The molecule has 0 atom stereocenters. The molecule has 0 aliphatic carbocycles. The van der Waals surface area contributed by atoms with Gasteiger partial charge in [-0.25, -0.2) is 8.42 Å². The number of nitrogens with zero attached hydrogens (tertiary/aromatic N) is 1. The van der Waals surface area contributed by atoms with Crippen molar-refractivity contribution >= 4 is 21.6 Å². The maximum Gasteiger partial charge on any atom is 0.262 e. The molecule has 0 heterocycles. The van der Waals surface area contributed by atoms with Gasteiger partial charge in [-0.2, -0.15) is 0 Å². The van der Waals surface area contributed by atoms with Crippen LogP contribution in [0.3, 0.4) is 0 Å². The molecule has 0 unspecified atom stereocenters. The zero-order valence-corrected chi connectivity index (χ0v) is 17.2. The third-order valence-corrected chi connectivity index (χ3v) is 6.64. The molecule has 26 heavy (non-hydrogen) atoms. The van der Waals surface area contributed by atoms with E-state index in [-0.39, 0.29) is 5.91 Å². The van der Waals surface area contributed by atoms with Crippen molar-refractivity contribution in [3.05, 3.63) is 57.6 Å². The standard InChI is InChI=1S/C20H26N2O3S/c1-12-13(2)15(4)19(16(5)14(12)3)26(24,25)21-18-10-8-17(9-11-18)20(23)22(6)7/h8-11,21H,1-7H3. The summed E-state index contributed by atoms with van der Waals surface area (Å²) in [4.78, 5) is 13.7. The van der Waals surface area contributed by atoms with Gasteiger partial charge in [0.05, 0.1) is 4.90 Å². The van der Waals surface area contributed by atoms with E-state index < -0.39 is 10.0 Å². The Morgan fingerprint density at radius 1 is 0.808 bits per heavy atom. The SMILES string of the molecule is Cc1c(C)c(C)c(S(=O)(=O)Nc2ccc(C(=O)N(C)C)cc2)c(C)c1C. The van der Waals surface area contributed by atoms with Crippen LogP contribution in [0.25, 0.3) is 0 Å². The van der Waals surface area contributed by atoms with Crippen LogP contribution in [0, 0.1) is 34.6 Å². The van der Waals surface area contributed by atoms with Gasteiger partial charge in [0.15, 0.2) is 0 Å². The lowest BCUT2D eigenvalue weighted by molar-refractivity contribution is 0.0827. The third kappa shape index (κ3) is 3.60. The summed E-state index contributed by atoms with van der Waals surface area (Å²) in [6.07, 6.45) is 0. The van der Waals surface area contributed by atoms with Crippen LogP contribution in [-0.2, 0) is 10.0 Å². The highest BCUT2D eigenvalue weighted by Crippen LogP contribution is 2.30. The molecule has 0 radical (unpaired) electrons. The fraction of sp³-hybridized carbons (Fsp3) is 0.350. The number of rotatable bonds is 4. The van der Waals surface area contributed by atoms with Gasteiger partial charge >= 0.3 is 0 Å². The number of anilines is 1. The maximum absolute atomic E-state index is 13.0. The lowest BCUT2D eigenvalue weighted by Crippen LogP contribution is -2.21. The van der Waals surface area contributed by atoms with E-state index in [1.165, 1.54) is 4.90 Å². The Morgan fingerprint density at radius 2 is 1.23 bits per heavy atom. The van der Waals surface area contributed by atoms with Gasteiger partial charge in [-0.1, -0.05) is 0 Å². The predicted octanol–water partition coefficient (Wildman–Crippen LogP) is 3.73. The molecular formula is C20H26N2O3S. The first kappa shape index (κ1) is 20.0. The van der Waals surface area contributed by atoms with Gasteiger partial charge in [0.2, 0.25) is 0 Å². The van der Waals surface area contributed by atoms with E-state index in [1.54, 1.807) is 38.4 Å². The third-order valence-electron chi connectivity index (χ3n) is 4.99. The summed E-state index contributed by atoms with van der Waals surface area (Å²) < 4.78 is 28.6. The van der Waals surface area contributed by atoms with E-state index in [0.29, 0.717) is 16.1 Å². The second kappa shape index (κ2) is 7.11. The number of carbonyl (C=O) groups is 1. The molecule has 2 aromatic carbocycles. The molecule has 0 aromatic heterocycles. The minimum absolute atomic E-state index is 0.129. The van der Waals surface area contributed by atoms with E-state index >= 15 is 0 Å². The topological polar surface area (TPSA) is 66.5 Å². The maximum atomic E-state index is 13.0. The Bertz CT molecular complexity index is 931. The van der Waals surface area contributed by atoms with Crippen LogP contribution in [0.15, 0.2) is 29.2 Å². The molecule has 0 bridgehead atoms. The Morgan fingerprint density at radius 3 is 1.65 bits per heavy atom. The van der Waals surface area contributed by atoms with Crippen LogP contribution >= 0.6 is 0 Å². The molecule has 0 aliphatic rings. The Balaban J connectivity index is 2.43. The van der Waals surface area contributed by atoms with E-state index in [9.17, 15) is 13.2 Å².